The zero-order chi connectivity index (χ0) is 16.2. The Morgan fingerprint density at radius 3 is 2.83 bits per heavy atom. The van der Waals surface area contributed by atoms with Gasteiger partial charge in [0.2, 0.25) is 5.89 Å². The van der Waals surface area contributed by atoms with Crippen molar-refractivity contribution in [2.24, 2.45) is 0 Å². The highest BCUT2D eigenvalue weighted by atomic mass is 19.1. The molecule has 3 rings (SSSR count). The molecule has 0 aliphatic heterocycles. The van der Waals surface area contributed by atoms with E-state index in [1.54, 1.807) is 12.1 Å². The molecular formula is C17H14FNO4. The summed E-state index contributed by atoms with van der Waals surface area (Å²) in [5, 5.41) is 0. The fourth-order valence-corrected chi connectivity index (χ4v) is 2.16. The molecule has 0 bridgehead atoms. The van der Waals surface area contributed by atoms with Crippen molar-refractivity contribution >= 4 is 17.1 Å². The molecule has 0 aliphatic carbocycles. The Morgan fingerprint density at radius 1 is 1.26 bits per heavy atom. The molecule has 5 nitrogen and oxygen atoms in total. The van der Waals surface area contributed by atoms with Crippen molar-refractivity contribution in [2.75, 3.05) is 7.11 Å². The van der Waals surface area contributed by atoms with Crippen LogP contribution in [0.3, 0.4) is 0 Å². The minimum Gasteiger partial charge on any atom is -0.494 e. The Balaban J connectivity index is 1.60. The van der Waals surface area contributed by atoms with Crippen LogP contribution in [0.5, 0.6) is 5.75 Å². The van der Waals surface area contributed by atoms with Crippen molar-refractivity contribution in [3.05, 3.63) is 59.7 Å². The van der Waals surface area contributed by atoms with Crippen LogP contribution in [0.1, 0.15) is 11.5 Å². The smallest absolute Gasteiger partial charge is 0.310 e. The Hall–Kier alpha value is -2.89. The van der Waals surface area contributed by atoms with Gasteiger partial charge < -0.3 is 13.9 Å². The second-order valence-electron chi connectivity index (χ2n) is 4.88. The van der Waals surface area contributed by atoms with Gasteiger partial charge in [-0.05, 0) is 29.8 Å². The van der Waals surface area contributed by atoms with Crippen LogP contribution in [-0.4, -0.2) is 18.1 Å². The maximum atomic E-state index is 13.6. The molecule has 0 spiro atoms. The summed E-state index contributed by atoms with van der Waals surface area (Å²) in [5.41, 5.74) is 1.84. The van der Waals surface area contributed by atoms with E-state index in [2.05, 4.69) is 4.98 Å². The number of carbonyl (C=O) groups is 1. The number of nitrogens with zero attached hydrogens (tertiary/aromatic N) is 1. The summed E-state index contributed by atoms with van der Waals surface area (Å²) >= 11 is 0. The standard InChI is InChI=1S/C17H14FNO4/c1-21-14-7-6-11(8-12(14)18)9-17(20)22-10-16-19-13-4-2-3-5-15(13)23-16/h2-8H,9-10H2,1H3. The highest BCUT2D eigenvalue weighted by Crippen LogP contribution is 2.19. The van der Waals surface area contributed by atoms with Gasteiger partial charge in [-0.25, -0.2) is 9.37 Å². The van der Waals surface area contributed by atoms with Crippen molar-refractivity contribution in [3.63, 3.8) is 0 Å². The van der Waals surface area contributed by atoms with Crippen LogP contribution < -0.4 is 4.74 Å². The minimum atomic E-state index is -0.517. The summed E-state index contributed by atoms with van der Waals surface area (Å²) in [6.07, 6.45) is -0.0405. The van der Waals surface area contributed by atoms with Crippen LogP contribution >= 0.6 is 0 Å². The zero-order valence-corrected chi connectivity index (χ0v) is 12.4. The van der Waals surface area contributed by atoms with E-state index in [-0.39, 0.29) is 18.8 Å². The lowest BCUT2D eigenvalue weighted by molar-refractivity contribution is -0.144. The van der Waals surface area contributed by atoms with Gasteiger partial charge >= 0.3 is 5.97 Å². The molecule has 0 fully saturated rings. The fraction of sp³-hybridized carbons (Fsp3) is 0.176. The molecule has 0 unspecified atom stereocenters. The van der Waals surface area contributed by atoms with Gasteiger partial charge in [0, 0.05) is 0 Å². The number of benzene rings is 2. The maximum Gasteiger partial charge on any atom is 0.310 e. The van der Waals surface area contributed by atoms with Crippen LogP contribution in [0.4, 0.5) is 4.39 Å². The number of para-hydroxylation sites is 2. The van der Waals surface area contributed by atoms with Gasteiger partial charge in [0.05, 0.1) is 13.5 Å². The number of aromatic nitrogens is 1. The van der Waals surface area contributed by atoms with Crippen LogP contribution in [0.2, 0.25) is 0 Å². The van der Waals surface area contributed by atoms with Crippen molar-refractivity contribution in [1.82, 2.24) is 4.98 Å². The number of fused-ring (bicyclic) bond motifs is 1. The Kier molecular flexibility index (Phi) is 4.23. The van der Waals surface area contributed by atoms with Crippen molar-refractivity contribution in [2.45, 2.75) is 13.0 Å². The minimum absolute atomic E-state index is 0.0405. The van der Waals surface area contributed by atoms with Crippen LogP contribution in [0.25, 0.3) is 11.1 Å². The first kappa shape index (κ1) is 15.0. The number of halogens is 1. The first-order valence-corrected chi connectivity index (χ1v) is 6.98. The summed E-state index contributed by atoms with van der Waals surface area (Å²) in [7, 11) is 1.38. The predicted molar refractivity (Wildman–Crippen MR) is 80.5 cm³/mol. The number of oxazole rings is 1. The van der Waals surface area contributed by atoms with Crippen LogP contribution in [0, 0.1) is 5.82 Å². The second kappa shape index (κ2) is 6.48. The summed E-state index contributed by atoms with van der Waals surface area (Å²) in [6, 6.07) is 11.6. The molecule has 0 radical (unpaired) electrons. The molecule has 0 amide bonds. The highest BCUT2D eigenvalue weighted by molar-refractivity contribution is 5.73. The molecule has 1 aromatic heterocycles. The summed E-state index contributed by atoms with van der Waals surface area (Å²) in [5.74, 6) is -0.553. The predicted octanol–water partition coefficient (Wildman–Crippen LogP) is 3.26. The van der Waals surface area contributed by atoms with E-state index in [0.717, 1.165) is 0 Å². The number of ether oxygens (including phenoxy) is 2. The number of hydrogen-bond acceptors (Lipinski definition) is 5. The monoisotopic (exact) mass is 315 g/mol. The lowest BCUT2D eigenvalue weighted by Gasteiger charge is -2.05. The third kappa shape index (κ3) is 3.48. The van der Waals surface area contributed by atoms with Crippen molar-refractivity contribution in [1.29, 1.82) is 0 Å². The molecule has 0 N–H and O–H groups in total. The van der Waals surface area contributed by atoms with Gasteiger partial charge in [-0.1, -0.05) is 18.2 Å². The number of rotatable bonds is 5. The zero-order valence-electron chi connectivity index (χ0n) is 12.4. The molecule has 0 saturated heterocycles. The van der Waals surface area contributed by atoms with Gasteiger partial charge in [0.1, 0.15) is 5.52 Å². The van der Waals surface area contributed by atoms with Gasteiger partial charge in [-0.3, -0.25) is 4.79 Å². The topological polar surface area (TPSA) is 61.6 Å². The Bertz CT molecular complexity index is 810. The third-order valence-corrected chi connectivity index (χ3v) is 3.26. The van der Waals surface area contributed by atoms with E-state index < -0.39 is 11.8 Å². The molecule has 0 saturated carbocycles. The third-order valence-electron chi connectivity index (χ3n) is 3.26. The van der Waals surface area contributed by atoms with Crippen molar-refractivity contribution in [3.8, 4) is 5.75 Å². The molecule has 118 valence electrons. The highest BCUT2D eigenvalue weighted by Gasteiger charge is 2.11. The SMILES string of the molecule is COc1ccc(CC(=O)OCc2nc3ccccc3o2)cc1F. The fourth-order valence-electron chi connectivity index (χ4n) is 2.16. The molecule has 3 aromatic rings. The van der Waals surface area contributed by atoms with E-state index in [4.69, 9.17) is 13.9 Å². The largest absolute Gasteiger partial charge is 0.494 e. The summed E-state index contributed by atoms with van der Waals surface area (Å²) in [4.78, 5) is 16.0. The molecule has 6 heteroatoms. The molecule has 23 heavy (non-hydrogen) atoms. The Labute approximate surface area is 131 Å². The van der Waals surface area contributed by atoms with Crippen LogP contribution in [-0.2, 0) is 22.6 Å². The molecule has 2 aromatic carbocycles. The molecule has 0 aliphatic rings. The first-order valence-electron chi connectivity index (χ1n) is 6.98. The van der Waals surface area contributed by atoms with E-state index in [1.807, 2.05) is 18.2 Å². The quantitative estimate of drug-likeness (QED) is 0.676. The number of carbonyl (C=O) groups excluding carboxylic acids is 1. The van der Waals surface area contributed by atoms with Crippen LogP contribution in [0.15, 0.2) is 46.9 Å². The van der Waals surface area contributed by atoms with Gasteiger partial charge in [0.25, 0.3) is 0 Å². The van der Waals surface area contributed by atoms with Gasteiger partial charge in [-0.2, -0.15) is 0 Å². The van der Waals surface area contributed by atoms with Gasteiger partial charge in [-0.15, -0.1) is 0 Å². The molecule has 0 atom stereocenters. The van der Waals surface area contributed by atoms with E-state index in [9.17, 15) is 9.18 Å². The molecule has 1 heterocycles. The van der Waals surface area contributed by atoms with Gasteiger partial charge in [0.15, 0.2) is 23.8 Å². The number of hydrogen-bond donors (Lipinski definition) is 0. The summed E-state index contributed by atoms with van der Waals surface area (Å²) < 4.78 is 29.0. The first-order chi connectivity index (χ1) is 11.2. The van der Waals surface area contributed by atoms with E-state index in [0.29, 0.717) is 22.6 Å². The molecular weight excluding hydrogens is 301 g/mol. The average molecular weight is 315 g/mol. The Morgan fingerprint density at radius 2 is 2.09 bits per heavy atom. The normalized spacial score (nSPS) is 10.7. The lowest BCUT2D eigenvalue weighted by atomic mass is 10.1. The lowest BCUT2D eigenvalue weighted by Crippen LogP contribution is -2.08. The van der Waals surface area contributed by atoms with Crippen molar-refractivity contribution < 1.29 is 23.1 Å². The number of esters is 1. The maximum absolute atomic E-state index is 13.6. The number of methoxy groups -OCH3 is 1. The average Bonchev–Trinajstić information content (AvgIpc) is 2.96. The summed E-state index contributed by atoms with van der Waals surface area (Å²) in [6.45, 7) is -0.0633. The van der Waals surface area contributed by atoms with E-state index >= 15 is 0 Å². The van der Waals surface area contributed by atoms with E-state index in [1.165, 1.54) is 19.2 Å². The second-order valence-corrected chi connectivity index (χ2v) is 4.88.